The molecule has 2 N–H and O–H groups in total. The number of hydrogen-bond donors (Lipinski definition) is 2. The third-order valence-electron chi connectivity index (χ3n) is 6.87. The molecular weight excluding hydrogens is 570 g/mol. The summed E-state index contributed by atoms with van der Waals surface area (Å²) in [6.45, 7) is 5.58. The Balaban J connectivity index is 0.00000560. The number of piperidine rings is 1. The van der Waals surface area contributed by atoms with Gasteiger partial charge >= 0.3 is 12.4 Å². The Morgan fingerprint density at radius 3 is 2.38 bits per heavy atom. The maximum Gasteiger partial charge on any atom is 0.437 e. The highest BCUT2D eigenvalue weighted by molar-refractivity contribution is 6.05. The summed E-state index contributed by atoms with van der Waals surface area (Å²) in [7, 11) is 0. The summed E-state index contributed by atoms with van der Waals surface area (Å²) in [6.07, 6.45) is -9.07. The van der Waals surface area contributed by atoms with E-state index in [-0.39, 0.29) is 25.4 Å². The largest absolute Gasteiger partial charge is 0.466 e. The number of alkyl halides is 6. The first-order valence-electron chi connectivity index (χ1n) is 12.7. The van der Waals surface area contributed by atoms with Crippen LogP contribution in [0.15, 0.2) is 12.1 Å². The van der Waals surface area contributed by atoms with Gasteiger partial charge in [-0.3, -0.25) is 14.4 Å². The Morgan fingerprint density at radius 1 is 1.23 bits per heavy atom. The molecule has 3 rings (SSSR count). The van der Waals surface area contributed by atoms with E-state index >= 15 is 0 Å². The fourth-order valence-electron chi connectivity index (χ4n) is 4.77. The van der Waals surface area contributed by atoms with Crippen LogP contribution >= 0.6 is 12.4 Å². The van der Waals surface area contributed by atoms with Crippen LogP contribution in [0.3, 0.4) is 0 Å². The minimum absolute atomic E-state index is 0. The summed E-state index contributed by atoms with van der Waals surface area (Å²) in [5.74, 6) is -3.84. The number of benzene rings is 1. The minimum atomic E-state index is -5.28. The number of fused-ring (bicyclic) bond motifs is 1. The van der Waals surface area contributed by atoms with Gasteiger partial charge in [0.05, 0.1) is 16.8 Å². The zero-order valence-corrected chi connectivity index (χ0v) is 23.3. The zero-order chi connectivity index (χ0) is 29.3. The molecule has 0 spiro atoms. The van der Waals surface area contributed by atoms with Crippen molar-refractivity contribution >= 4 is 35.8 Å². The van der Waals surface area contributed by atoms with Crippen molar-refractivity contribution in [1.82, 2.24) is 15.5 Å². The van der Waals surface area contributed by atoms with Crippen molar-refractivity contribution < 1.29 is 45.5 Å². The van der Waals surface area contributed by atoms with Crippen LogP contribution in [-0.2, 0) is 15.8 Å². The summed E-state index contributed by atoms with van der Waals surface area (Å²) in [5.41, 5.74) is -6.19. The lowest BCUT2D eigenvalue weighted by Crippen LogP contribution is -2.63. The van der Waals surface area contributed by atoms with Crippen LogP contribution in [0.5, 0.6) is 5.75 Å². The Hall–Kier alpha value is -2.74. The molecule has 15 heteroatoms. The lowest BCUT2D eigenvalue weighted by Gasteiger charge is -2.42. The van der Waals surface area contributed by atoms with Gasteiger partial charge in [0, 0.05) is 38.1 Å². The van der Waals surface area contributed by atoms with Crippen molar-refractivity contribution in [1.29, 1.82) is 0 Å². The molecule has 40 heavy (non-hydrogen) atoms. The molecule has 0 saturated carbocycles. The molecule has 0 aliphatic carbocycles. The van der Waals surface area contributed by atoms with Crippen LogP contribution in [0.25, 0.3) is 0 Å². The average molecular weight is 603 g/mol. The van der Waals surface area contributed by atoms with Crippen LogP contribution in [0, 0.1) is 0 Å². The van der Waals surface area contributed by atoms with Gasteiger partial charge in [0.1, 0.15) is 5.75 Å². The van der Waals surface area contributed by atoms with Gasteiger partial charge in [0.15, 0.2) is 0 Å². The molecule has 1 aromatic carbocycles. The number of amides is 3. The smallest absolute Gasteiger partial charge is 0.437 e. The SMILES string of the molecule is CCC(=O)NCCN1C(=O)C(C)(C(F)(F)F)Oc2cc(C(F)(F)F)c(C(=O)N(C(C)C)[C@@H]3CCCNC3)cc21.Cl. The highest BCUT2D eigenvalue weighted by Gasteiger charge is 2.63. The van der Waals surface area contributed by atoms with Gasteiger partial charge in [0.25, 0.3) is 17.4 Å². The molecule has 1 unspecified atom stereocenters. The molecular formula is C25H33ClF6N4O4. The molecule has 2 aliphatic heterocycles. The highest BCUT2D eigenvalue weighted by Crippen LogP contribution is 2.48. The Morgan fingerprint density at radius 2 is 1.88 bits per heavy atom. The molecule has 3 amide bonds. The molecule has 8 nitrogen and oxygen atoms in total. The molecule has 2 aliphatic rings. The third kappa shape index (κ3) is 6.59. The van der Waals surface area contributed by atoms with Gasteiger partial charge in [-0.15, -0.1) is 12.4 Å². The molecule has 0 bridgehead atoms. The molecule has 2 heterocycles. The lowest BCUT2D eigenvalue weighted by atomic mass is 9.96. The zero-order valence-electron chi connectivity index (χ0n) is 22.5. The summed E-state index contributed by atoms with van der Waals surface area (Å²) in [5, 5.41) is 5.54. The fraction of sp³-hybridized carbons (Fsp3) is 0.640. The van der Waals surface area contributed by atoms with Gasteiger partial charge in [0.2, 0.25) is 5.91 Å². The predicted octanol–water partition coefficient (Wildman–Crippen LogP) is 4.30. The van der Waals surface area contributed by atoms with Crippen LogP contribution in [-0.4, -0.2) is 72.7 Å². The van der Waals surface area contributed by atoms with Gasteiger partial charge in [-0.05, 0) is 52.3 Å². The summed E-state index contributed by atoms with van der Waals surface area (Å²) < 4.78 is 89.5. The molecule has 0 radical (unpaired) electrons. The first kappa shape index (κ1) is 33.5. The van der Waals surface area contributed by atoms with E-state index in [2.05, 4.69) is 10.6 Å². The van der Waals surface area contributed by atoms with Gasteiger partial charge < -0.3 is 25.2 Å². The quantitative estimate of drug-likeness (QED) is 0.454. The van der Waals surface area contributed by atoms with Gasteiger partial charge in [-0.25, -0.2) is 0 Å². The van der Waals surface area contributed by atoms with Crippen LogP contribution < -0.4 is 20.3 Å². The normalized spacial score (nSPS) is 21.3. The van der Waals surface area contributed by atoms with Crippen molar-refractivity contribution in [2.45, 2.75) is 77.0 Å². The molecule has 2 atom stereocenters. The molecule has 0 aromatic heterocycles. The van der Waals surface area contributed by atoms with E-state index in [0.29, 0.717) is 43.8 Å². The number of hydrogen-bond acceptors (Lipinski definition) is 5. The fourth-order valence-corrected chi connectivity index (χ4v) is 4.77. The lowest BCUT2D eigenvalue weighted by molar-refractivity contribution is -0.236. The van der Waals surface area contributed by atoms with E-state index in [1.165, 1.54) is 4.90 Å². The number of nitrogens with zero attached hydrogens (tertiary/aromatic N) is 2. The molecule has 1 aromatic rings. The number of ether oxygens (including phenoxy) is 1. The standard InChI is InChI=1S/C25H32F6N4O4.ClH/c1-5-20(36)33-9-10-34-18-11-16(21(37)35(14(2)3)15-7-6-8-32-13-15)17(24(26,27)28)12-19(18)39-23(4,22(34)38)25(29,30)31;/h11-12,14-15,32H,5-10,13H2,1-4H3,(H,33,36);1H/t15-,23?;/m1./s1. The second kappa shape index (κ2) is 12.4. The predicted molar refractivity (Wildman–Crippen MR) is 137 cm³/mol. The van der Waals surface area contributed by atoms with Crippen molar-refractivity contribution in [3.05, 3.63) is 23.3 Å². The summed E-state index contributed by atoms with van der Waals surface area (Å²) >= 11 is 0. The summed E-state index contributed by atoms with van der Waals surface area (Å²) in [4.78, 5) is 40.4. The Kier molecular flexibility index (Phi) is 10.4. The Bertz CT molecular complexity index is 1110. The second-order valence-corrected chi connectivity index (χ2v) is 9.96. The second-order valence-electron chi connectivity index (χ2n) is 9.96. The first-order valence-corrected chi connectivity index (χ1v) is 12.7. The monoisotopic (exact) mass is 602 g/mol. The highest BCUT2D eigenvalue weighted by atomic mass is 35.5. The molecule has 1 saturated heterocycles. The van der Waals surface area contributed by atoms with Gasteiger partial charge in [-0.1, -0.05) is 6.92 Å². The van der Waals surface area contributed by atoms with Crippen LogP contribution in [0.2, 0.25) is 0 Å². The minimum Gasteiger partial charge on any atom is -0.466 e. The van der Waals surface area contributed by atoms with Gasteiger partial charge in [-0.2, -0.15) is 26.3 Å². The number of carbonyl (C=O) groups excluding carboxylic acids is 3. The van der Waals surface area contributed by atoms with E-state index in [0.717, 1.165) is 6.07 Å². The van der Waals surface area contributed by atoms with E-state index < -0.39 is 76.9 Å². The number of nitrogens with one attached hydrogen (secondary N) is 2. The number of halogens is 7. The third-order valence-corrected chi connectivity index (χ3v) is 6.87. The van der Waals surface area contributed by atoms with E-state index in [4.69, 9.17) is 4.74 Å². The number of carbonyl (C=O) groups is 3. The van der Waals surface area contributed by atoms with Crippen molar-refractivity contribution in [3.63, 3.8) is 0 Å². The van der Waals surface area contributed by atoms with Crippen molar-refractivity contribution in [2.75, 3.05) is 31.1 Å². The van der Waals surface area contributed by atoms with Crippen molar-refractivity contribution in [3.8, 4) is 5.75 Å². The topological polar surface area (TPSA) is 91.0 Å². The maximum absolute atomic E-state index is 14.2. The number of anilines is 1. The summed E-state index contributed by atoms with van der Waals surface area (Å²) in [6, 6.07) is 0.206. The molecule has 226 valence electrons. The van der Waals surface area contributed by atoms with Crippen LogP contribution in [0.1, 0.15) is 62.9 Å². The van der Waals surface area contributed by atoms with Crippen LogP contribution in [0.4, 0.5) is 32.0 Å². The first-order chi connectivity index (χ1) is 18.0. The van der Waals surface area contributed by atoms with E-state index in [1.807, 2.05) is 0 Å². The number of rotatable bonds is 7. The average Bonchev–Trinajstić information content (AvgIpc) is 2.84. The molecule has 1 fully saturated rings. The maximum atomic E-state index is 14.2. The van der Waals surface area contributed by atoms with E-state index in [1.54, 1.807) is 20.8 Å². The Labute approximate surface area is 234 Å². The van der Waals surface area contributed by atoms with Crippen molar-refractivity contribution in [2.24, 2.45) is 0 Å². The van der Waals surface area contributed by atoms with E-state index in [9.17, 15) is 40.7 Å².